The summed E-state index contributed by atoms with van der Waals surface area (Å²) in [5.74, 6) is 1.50. The minimum Gasteiger partial charge on any atom is -0.493 e. The van der Waals surface area contributed by atoms with Crippen molar-refractivity contribution in [1.82, 2.24) is 4.98 Å². The van der Waals surface area contributed by atoms with Crippen LogP contribution in [0.2, 0.25) is 10.0 Å². The van der Waals surface area contributed by atoms with Gasteiger partial charge in [-0.25, -0.2) is 0 Å². The second-order valence-corrected chi connectivity index (χ2v) is 7.56. The Morgan fingerprint density at radius 1 is 1.25 bits per heavy atom. The summed E-state index contributed by atoms with van der Waals surface area (Å²) in [6.07, 6.45) is 4.46. The van der Waals surface area contributed by atoms with Crippen molar-refractivity contribution >= 4 is 40.4 Å². The van der Waals surface area contributed by atoms with E-state index in [2.05, 4.69) is 24.1 Å². The molecule has 0 unspecified atom stereocenters. The zero-order valence-corrected chi connectivity index (χ0v) is 18.1. The zero-order valence-electron chi connectivity index (χ0n) is 16.6. The first-order valence-corrected chi connectivity index (χ1v) is 9.59. The van der Waals surface area contributed by atoms with Gasteiger partial charge in [0.15, 0.2) is 17.3 Å². The number of pyridine rings is 1. The van der Waals surface area contributed by atoms with Gasteiger partial charge in [0, 0.05) is 35.3 Å². The summed E-state index contributed by atoms with van der Waals surface area (Å²) in [6.45, 7) is 8.08. The van der Waals surface area contributed by atoms with Crippen molar-refractivity contribution in [3.8, 4) is 11.5 Å². The van der Waals surface area contributed by atoms with E-state index in [1.807, 2.05) is 19.1 Å². The van der Waals surface area contributed by atoms with Crippen molar-refractivity contribution in [3.63, 3.8) is 0 Å². The average Bonchev–Trinajstić information content (AvgIpc) is 2.62. The monoisotopic (exact) mass is 422 g/mol. The Labute approximate surface area is 175 Å². The lowest BCUT2D eigenvalue weighted by Crippen LogP contribution is -2.09. The number of rotatable bonds is 8. The summed E-state index contributed by atoms with van der Waals surface area (Å²) in [6, 6.07) is 3.67. The molecule has 0 aliphatic carbocycles. The molecule has 150 valence electrons. The van der Waals surface area contributed by atoms with Gasteiger partial charge >= 0.3 is 0 Å². The number of hydrogen-bond donors (Lipinski definition) is 1. The van der Waals surface area contributed by atoms with Crippen molar-refractivity contribution in [1.29, 1.82) is 0 Å². The molecule has 0 amide bonds. The van der Waals surface area contributed by atoms with E-state index in [0.717, 1.165) is 11.1 Å². The van der Waals surface area contributed by atoms with E-state index in [-0.39, 0.29) is 5.78 Å². The topological polar surface area (TPSA) is 60.5 Å². The molecule has 5 nitrogen and oxygen atoms in total. The lowest BCUT2D eigenvalue weighted by Gasteiger charge is -2.20. The van der Waals surface area contributed by atoms with E-state index in [1.165, 1.54) is 25.4 Å². The van der Waals surface area contributed by atoms with Crippen LogP contribution < -0.4 is 14.8 Å². The van der Waals surface area contributed by atoms with Crippen LogP contribution in [0.5, 0.6) is 11.5 Å². The molecule has 0 spiro atoms. The SMILES string of the molecule is COc1ccc(/C(=C\C(C)=O)Nc2c(Cl)cncc2Cl)c(C)c1OCC(C)C. The van der Waals surface area contributed by atoms with Crippen LogP contribution in [0.25, 0.3) is 5.70 Å². The van der Waals surface area contributed by atoms with Gasteiger partial charge in [0.2, 0.25) is 0 Å². The molecule has 28 heavy (non-hydrogen) atoms. The van der Waals surface area contributed by atoms with Crippen LogP contribution in [-0.4, -0.2) is 24.5 Å². The Bertz CT molecular complexity index is 875. The molecule has 0 aliphatic heterocycles. The largest absolute Gasteiger partial charge is 0.493 e. The van der Waals surface area contributed by atoms with E-state index in [4.69, 9.17) is 32.7 Å². The Kier molecular flexibility index (Phi) is 7.72. The Balaban J connectivity index is 2.55. The molecule has 0 atom stereocenters. The number of methoxy groups -OCH3 is 1. The lowest BCUT2D eigenvalue weighted by molar-refractivity contribution is -0.112. The van der Waals surface area contributed by atoms with Gasteiger partial charge in [0.25, 0.3) is 0 Å². The number of ketones is 1. The third-order valence-electron chi connectivity index (χ3n) is 3.90. The molecule has 0 bridgehead atoms. The van der Waals surface area contributed by atoms with Gasteiger partial charge in [0.05, 0.1) is 29.4 Å². The molecule has 7 heteroatoms. The molecule has 0 fully saturated rings. The van der Waals surface area contributed by atoms with Gasteiger partial charge in [-0.2, -0.15) is 0 Å². The molecule has 1 N–H and O–H groups in total. The molecule has 1 aromatic carbocycles. The second-order valence-electron chi connectivity index (χ2n) is 6.75. The van der Waals surface area contributed by atoms with Crippen molar-refractivity contribution < 1.29 is 14.3 Å². The van der Waals surface area contributed by atoms with Crippen LogP contribution in [0, 0.1) is 12.8 Å². The molecule has 2 aromatic rings. The van der Waals surface area contributed by atoms with Crippen molar-refractivity contribution in [2.24, 2.45) is 5.92 Å². The standard InChI is InChI=1S/C21H24Cl2N2O3/c1-12(2)11-28-21-14(4)15(6-7-19(21)27-5)18(8-13(3)26)25-20-16(22)9-24-10-17(20)23/h6-10,12H,11H2,1-5H3,(H,24,25)/b18-8+. The van der Waals surface area contributed by atoms with Gasteiger partial charge in [-0.15, -0.1) is 0 Å². The number of carbonyl (C=O) groups is 1. The van der Waals surface area contributed by atoms with Gasteiger partial charge in [0.1, 0.15) is 0 Å². The van der Waals surface area contributed by atoms with Crippen molar-refractivity contribution in [2.45, 2.75) is 27.7 Å². The van der Waals surface area contributed by atoms with Crippen LogP contribution in [0.1, 0.15) is 31.9 Å². The molecule has 1 aromatic heterocycles. The number of allylic oxidation sites excluding steroid dienone is 1. The molecule has 1 heterocycles. The van der Waals surface area contributed by atoms with Crippen LogP contribution >= 0.6 is 23.2 Å². The number of benzene rings is 1. The number of nitrogens with zero attached hydrogens (tertiary/aromatic N) is 1. The minimum atomic E-state index is -0.122. The molecule has 0 saturated heterocycles. The first-order chi connectivity index (χ1) is 13.2. The Morgan fingerprint density at radius 2 is 1.89 bits per heavy atom. The summed E-state index contributed by atoms with van der Waals surface area (Å²) < 4.78 is 11.4. The van der Waals surface area contributed by atoms with Crippen LogP contribution in [0.15, 0.2) is 30.6 Å². The van der Waals surface area contributed by atoms with Crippen LogP contribution in [0.3, 0.4) is 0 Å². The number of halogens is 2. The highest BCUT2D eigenvalue weighted by molar-refractivity contribution is 6.39. The van der Waals surface area contributed by atoms with Crippen LogP contribution in [0.4, 0.5) is 5.69 Å². The van der Waals surface area contributed by atoms with Crippen LogP contribution in [-0.2, 0) is 4.79 Å². The Morgan fingerprint density at radius 3 is 2.43 bits per heavy atom. The number of anilines is 1. The van der Waals surface area contributed by atoms with Gasteiger partial charge in [-0.3, -0.25) is 9.78 Å². The quantitative estimate of drug-likeness (QED) is 0.546. The number of aromatic nitrogens is 1. The Hall–Kier alpha value is -2.24. The predicted octanol–water partition coefficient (Wildman–Crippen LogP) is 5.78. The summed E-state index contributed by atoms with van der Waals surface area (Å²) >= 11 is 12.5. The fraction of sp³-hybridized carbons (Fsp3) is 0.333. The molecular formula is C21H24Cl2N2O3. The first-order valence-electron chi connectivity index (χ1n) is 8.83. The minimum absolute atomic E-state index is 0.122. The average molecular weight is 423 g/mol. The zero-order chi connectivity index (χ0) is 20.8. The normalized spacial score (nSPS) is 11.5. The van der Waals surface area contributed by atoms with E-state index < -0.39 is 0 Å². The second kappa shape index (κ2) is 9.80. The third-order valence-corrected chi connectivity index (χ3v) is 4.47. The maximum absolute atomic E-state index is 11.9. The van der Waals surface area contributed by atoms with Gasteiger partial charge < -0.3 is 14.8 Å². The highest BCUT2D eigenvalue weighted by atomic mass is 35.5. The lowest BCUT2D eigenvalue weighted by atomic mass is 10.0. The van der Waals surface area contributed by atoms with E-state index in [0.29, 0.717) is 45.5 Å². The number of nitrogens with one attached hydrogen (secondary N) is 1. The van der Waals surface area contributed by atoms with E-state index in [1.54, 1.807) is 7.11 Å². The summed E-state index contributed by atoms with van der Waals surface area (Å²) in [5.41, 5.74) is 2.64. The molecular weight excluding hydrogens is 399 g/mol. The summed E-state index contributed by atoms with van der Waals surface area (Å²) in [7, 11) is 1.60. The van der Waals surface area contributed by atoms with E-state index in [9.17, 15) is 4.79 Å². The van der Waals surface area contributed by atoms with E-state index >= 15 is 0 Å². The molecule has 0 radical (unpaired) electrons. The molecule has 2 rings (SSSR count). The predicted molar refractivity (Wildman–Crippen MR) is 115 cm³/mol. The number of carbonyl (C=O) groups excluding carboxylic acids is 1. The van der Waals surface area contributed by atoms with Gasteiger partial charge in [-0.1, -0.05) is 37.0 Å². The number of hydrogen-bond acceptors (Lipinski definition) is 5. The highest BCUT2D eigenvalue weighted by Gasteiger charge is 2.18. The first kappa shape index (κ1) is 22.1. The van der Waals surface area contributed by atoms with Crippen molar-refractivity contribution in [2.75, 3.05) is 19.0 Å². The summed E-state index contributed by atoms with van der Waals surface area (Å²) in [5, 5.41) is 3.88. The summed E-state index contributed by atoms with van der Waals surface area (Å²) in [4.78, 5) is 15.8. The highest BCUT2D eigenvalue weighted by Crippen LogP contribution is 2.38. The van der Waals surface area contributed by atoms with Gasteiger partial charge in [-0.05, 0) is 31.9 Å². The maximum atomic E-state index is 11.9. The fourth-order valence-electron chi connectivity index (χ4n) is 2.60. The number of ether oxygens (including phenoxy) is 2. The molecule has 0 saturated carbocycles. The maximum Gasteiger partial charge on any atom is 0.164 e. The third kappa shape index (κ3) is 5.40. The van der Waals surface area contributed by atoms with Crippen molar-refractivity contribution in [3.05, 3.63) is 51.8 Å². The molecule has 0 aliphatic rings. The smallest absolute Gasteiger partial charge is 0.164 e. The fourth-order valence-corrected chi connectivity index (χ4v) is 3.06.